The number of benzene rings is 3. The van der Waals surface area contributed by atoms with Gasteiger partial charge in [0.1, 0.15) is 22.9 Å². The van der Waals surface area contributed by atoms with Crippen LogP contribution in [0.15, 0.2) is 36.4 Å². The number of terminal acetylenes is 1. The normalized spacial score (nSPS) is 25.7. The highest BCUT2D eigenvalue weighted by Gasteiger charge is 2.53. The molecule has 2 N–H and O–H groups in total. The Bertz CT molecular complexity index is 2100. The van der Waals surface area contributed by atoms with E-state index in [4.69, 9.17) is 16.1 Å². The van der Waals surface area contributed by atoms with Crippen LogP contribution >= 0.6 is 0 Å². The molecule has 4 saturated heterocycles. The van der Waals surface area contributed by atoms with Crippen molar-refractivity contribution in [2.45, 2.75) is 50.6 Å². The molecule has 4 aromatic rings. The number of phenolic OH excluding ortho intramolecular Hbond substituents is 1. The van der Waals surface area contributed by atoms with Gasteiger partial charge in [-0.15, -0.1) is 6.42 Å². The Morgan fingerprint density at radius 2 is 1.82 bits per heavy atom. The van der Waals surface area contributed by atoms with Crippen LogP contribution in [-0.4, -0.2) is 95.8 Å². The topological polar surface area (TPSA) is 94.1 Å². The van der Waals surface area contributed by atoms with E-state index < -0.39 is 11.6 Å². The zero-order chi connectivity index (χ0) is 34.4. The third kappa shape index (κ3) is 5.14. The van der Waals surface area contributed by atoms with E-state index in [2.05, 4.69) is 26.0 Å². The molecule has 11 heteroatoms. The first-order chi connectivity index (χ1) is 24.1. The molecule has 1 amide bonds. The Morgan fingerprint density at radius 3 is 2.54 bits per heavy atom. The van der Waals surface area contributed by atoms with Crippen LogP contribution in [0, 0.1) is 34.8 Å². The third-order valence-corrected chi connectivity index (χ3v) is 12.0. The molecule has 5 fully saturated rings. The Labute approximate surface area is 289 Å². The number of aromatic hydroxyl groups is 1. The van der Waals surface area contributed by atoms with Gasteiger partial charge in [-0.25, -0.2) is 8.78 Å². The molecule has 4 aliphatic heterocycles. The number of amides is 1. The molecule has 0 radical (unpaired) electrons. The van der Waals surface area contributed by atoms with E-state index in [1.54, 1.807) is 12.1 Å². The van der Waals surface area contributed by atoms with Crippen molar-refractivity contribution in [2.24, 2.45) is 10.8 Å². The number of carbonyl (C=O) groups excluding carboxylic acids is 1. The molecule has 258 valence electrons. The van der Waals surface area contributed by atoms with Gasteiger partial charge in [0.25, 0.3) is 0 Å². The highest BCUT2D eigenvalue weighted by molar-refractivity contribution is 6.04. The quantitative estimate of drug-likeness (QED) is 0.262. The second kappa shape index (κ2) is 11.5. The fourth-order valence-corrected chi connectivity index (χ4v) is 9.07. The second-order valence-corrected chi connectivity index (χ2v) is 15.4. The highest BCUT2D eigenvalue weighted by atomic mass is 19.1. The third-order valence-electron chi connectivity index (χ3n) is 12.0. The summed E-state index contributed by atoms with van der Waals surface area (Å²) in [6.45, 7) is 5.20. The van der Waals surface area contributed by atoms with Crippen molar-refractivity contribution in [3.05, 3.63) is 53.6 Å². The van der Waals surface area contributed by atoms with Gasteiger partial charge in [0.15, 0.2) is 5.82 Å². The van der Waals surface area contributed by atoms with Crippen LogP contribution in [-0.2, 0) is 4.79 Å². The lowest BCUT2D eigenvalue weighted by Crippen LogP contribution is -2.51. The minimum Gasteiger partial charge on any atom is -0.508 e. The molecule has 9 nitrogen and oxygen atoms in total. The number of nitrogens with one attached hydrogen (secondary N) is 1. The van der Waals surface area contributed by atoms with Gasteiger partial charge in [0.05, 0.1) is 17.6 Å². The average molecular weight is 679 g/mol. The van der Waals surface area contributed by atoms with Crippen molar-refractivity contribution in [2.75, 3.05) is 57.8 Å². The summed E-state index contributed by atoms with van der Waals surface area (Å²) in [5.74, 6) is 2.00. The predicted octanol–water partition coefficient (Wildman–Crippen LogP) is 5.07. The molecule has 5 aliphatic rings. The smallest absolute Gasteiger partial charge is 0.319 e. The van der Waals surface area contributed by atoms with Gasteiger partial charge < -0.3 is 29.9 Å². The summed E-state index contributed by atoms with van der Waals surface area (Å²) in [5, 5.41) is 15.7. The Kier molecular flexibility index (Phi) is 7.24. The number of aromatic nitrogens is 2. The number of fused-ring (bicyclic) bond motifs is 4. The molecule has 9 rings (SSSR count). The molecule has 1 spiro atoms. The van der Waals surface area contributed by atoms with E-state index in [1.165, 1.54) is 24.3 Å². The first kappa shape index (κ1) is 31.5. The van der Waals surface area contributed by atoms with E-state index >= 15 is 4.39 Å². The molecule has 1 aliphatic carbocycles. The molecule has 3 unspecified atom stereocenters. The number of phenols is 1. The lowest BCUT2D eigenvalue weighted by Gasteiger charge is -2.34. The number of hydrogen-bond donors (Lipinski definition) is 2. The Hall–Kier alpha value is -4.53. The molecule has 3 aromatic carbocycles. The van der Waals surface area contributed by atoms with Gasteiger partial charge in [-0.3, -0.25) is 4.79 Å². The van der Waals surface area contributed by atoms with Crippen LogP contribution in [0.2, 0.25) is 0 Å². The summed E-state index contributed by atoms with van der Waals surface area (Å²) in [6.07, 6.45) is 11.7. The molecule has 1 aromatic heterocycles. The first-order valence-electron chi connectivity index (χ1n) is 17.7. The summed E-state index contributed by atoms with van der Waals surface area (Å²) >= 11 is 0. The van der Waals surface area contributed by atoms with Crippen molar-refractivity contribution in [3.63, 3.8) is 0 Å². The van der Waals surface area contributed by atoms with Crippen molar-refractivity contribution >= 4 is 33.4 Å². The fourth-order valence-electron chi connectivity index (χ4n) is 9.07. The molecule has 50 heavy (non-hydrogen) atoms. The molecule has 1 saturated carbocycles. The van der Waals surface area contributed by atoms with Crippen LogP contribution in [0.4, 0.5) is 14.6 Å². The Morgan fingerprint density at radius 1 is 1.04 bits per heavy atom. The van der Waals surface area contributed by atoms with Crippen LogP contribution < -0.4 is 15.0 Å². The van der Waals surface area contributed by atoms with Crippen molar-refractivity contribution in [3.8, 4) is 35.2 Å². The zero-order valence-electron chi connectivity index (χ0n) is 28.1. The maximum atomic E-state index is 17.0. The lowest BCUT2D eigenvalue weighted by molar-refractivity contribution is -0.134. The molecule has 5 heterocycles. The van der Waals surface area contributed by atoms with Crippen LogP contribution in [0.3, 0.4) is 0 Å². The van der Waals surface area contributed by atoms with Crippen molar-refractivity contribution < 1.29 is 23.4 Å². The van der Waals surface area contributed by atoms with E-state index in [0.717, 1.165) is 77.8 Å². The van der Waals surface area contributed by atoms with Gasteiger partial charge in [-0.1, -0.05) is 18.1 Å². The fraction of sp³-hybridized carbons (Fsp3) is 0.462. The van der Waals surface area contributed by atoms with E-state index in [9.17, 15) is 14.3 Å². The number of hydrogen-bond acceptors (Lipinski definition) is 8. The van der Waals surface area contributed by atoms with Crippen molar-refractivity contribution in [1.29, 1.82) is 0 Å². The van der Waals surface area contributed by atoms with Crippen LogP contribution in [0.1, 0.15) is 44.1 Å². The molecule has 2 bridgehead atoms. The number of rotatable bonds is 7. The summed E-state index contributed by atoms with van der Waals surface area (Å²) in [6, 6.07) is 9.88. The first-order valence-corrected chi connectivity index (χ1v) is 17.7. The van der Waals surface area contributed by atoms with Crippen molar-refractivity contribution in [1.82, 2.24) is 25.1 Å². The maximum Gasteiger partial charge on any atom is 0.319 e. The Balaban J connectivity index is 1.07. The number of piperazine rings is 1. The summed E-state index contributed by atoms with van der Waals surface area (Å²) < 4.78 is 38.3. The summed E-state index contributed by atoms with van der Waals surface area (Å²) in [5.41, 5.74) is 0.199. The summed E-state index contributed by atoms with van der Waals surface area (Å²) in [7, 11) is 1.89. The number of likely N-dealkylation sites (tertiary alicyclic amines) is 2. The lowest BCUT2D eigenvalue weighted by atomic mass is 9.85. The SMILES string of the molecule is C#Cc1c(F)ccc2cc(O)cc(-c3ccc4c(N5CC6CCC(C5)N6)nc(OCC5(CN6CCC7(CCN(C)C7=O)C6)CC5)nc4c3F)c12. The molecular weight excluding hydrogens is 638 g/mol. The standard InChI is InChI=1S/C39H40F2N6O3/c1-3-27-31(40)9-4-23-16-26(48)17-30(32(23)27)28-7-8-29-34(33(28)41)43-37(44-35(29)47-18-24-5-6-25(19-47)42-24)50-22-38(10-11-38)20-46-15-13-39(21-46)12-14-45(2)36(39)49/h1,4,7-9,16-17,24-25,42,48H,5-6,10-15,18-22H2,2H3. The second-order valence-electron chi connectivity index (χ2n) is 15.4. The number of halogens is 2. The van der Waals surface area contributed by atoms with Crippen LogP contribution in [0.5, 0.6) is 11.8 Å². The van der Waals surface area contributed by atoms with Gasteiger partial charge in [0, 0.05) is 73.6 Å². The van der Waals surface area contributed by atoms with E-state index in [-0.39, 0.29) is 50.7 Å². The van der Waals surface area contributed by atoms with Gasteiger partial charge in [-0.2, -0.15) is 9.97 Å². The monoisotopic (exact) mass is 678 g/mol. The zero-order valence-corrected chi connectivity index (χ0v) is 28.1. The minimum atomic E-state index is -0.622. The molecular formula is C39H40F2N6O3. The predicted molar refractivity (Wildman–Crippen MR) is 187 cm³/mol. The van der Waals surface area contributed by atoms with E-state index in [1.807, 2.05) is 11.9 Å². The maximum absolute atomic E-state index is 17.0. The van der Waals surface area contributed by atoms with E-state index in [0.29, 0.717) is 40.7 Å². The minimum absolute atomic E-state index is 0.00339. The number of anilines is 1. The number of nitrogens with zero attached hydrogens (tertiary/aromatic N) is 5. The highest BCUT2D eigenvalue weighted by Crippen LogP contribution is 2.49. The molecule has 3 atom stereocenters. The average Bonchev–Trinajstić information content (AvgIpc) is 3.49. The largest absolute Gasteiger partial charge is 0.508 e. The van der Waals surface area contributed by atoms with Gasteiger partial charge >= 0.3 is 6.01 Å². The van der Waals surface area contributed by atoms with Gasteiger partial charge in [-0.05, 0) is 80.3 Å². The summed E-state index contributed by atoms with van der Waals surface area (Å²) in [4.78, 5) is 29.0. The van der Waals surface area contributed by atoms with Crippen LogP contribution in [0.25, 0.3) is 32.8 Å². The van der Waals surface area contributed by atoms with Gasteiger partial charge in [0.2, 0.25) is 5.91 Å². The number of carbonyl (C=O) groups is 1. The number of ether oxygens (including phenoxy) is 1.